The summed E-state index contributed by atoms with van der Waals surface area (Å²) in [5.41, 5.74) is -5.17. The molecule has 14 N–H and O–H groups in total. The summed E-state index contributed by atoms with van der Waals surface area (Å²) >= 11 is 0. The lowest BCUT2D eigenvalue weighted by atomic mass is 9.94. The van der Waals surface area contributed by atoms with Crippen molar-refractivity contribution in [1.82, 2.24) is 0 Å². The maximum Gasteiger partial charge on any atom is 0.239 e. The Hall–Kier alpha value is -7.02. The molecule has 4 aromatic carbocycles. The highest BCUT2D eigenvalue weighted by Crippen LogP contribution is 2.47. The Morgan fingerprint density at radius 2 is 0.985 bits per heavy atom. The highest BCUT2D eigenvalue weighted by atomic mass is 16.7. The Morgan fingerprint density at radius 3 is 1.47 bits per heavy atom. The molecule has 6 aromatic rings. The van der Waals surface area contributed by atoms with E-state index >= 15 is 0 Å². The van der Waals surface area contributed by atoms with Gasteiger partial charge in [0.1, 0.15) is 81.6 Å². The molecule has 10 atom stereocenters. The van der Waals surface area contributed by atoms with Crippen LogP contribution in [0.3, 0.4) is 0 Å². The number of fused-ring (bicyclic) bond motifs is 2. The fourth-order valence-corrected chi connectivity index (χ4v) is 7.82. The summed E-state index contributed by atoms with van der Waals surface area (Å²) in [6.07, 6.45) is -17.6. The predicted octanol–water partition coefficient (Wildman–Crippen LogP) is 1.19. The van der Waals surface area contributed by atoms with Crippen LogP contribution in [0.1, 0.15) is 30.5 Å². The fourth-order valence-electron chi connectivity index (χ4n) is 7.82. The van der Waals surface area contributed by atoms with E-state index in [4.69, 9.17) is 27.8 Å². The number of ether oxygens (including phenoxy) is 4. The average Bonchev–Trinajstić information content (AvgIpc) is 3.27. The van der Waals surface area contributed by atoms with Gasteiger partial charge in [0.05, 0.1) is 12.2 Å². The number of aromatic hydroxyl groups is 8. The average molecular weight is 923 g/mol. The Labute approximate surface area is 369 Å². The van der Waals surface area contributed by atoms with Crippen LogP contribution in [0.5, 0.6) is 57.5 Å². The van der Waals surface area contributed by atoms with Crippen molar-refractivity contribution in [3.8, 4) is 80.1 Å². The number of hydrogen-bond donors (Lipinski definition) is 14. The Kier molecular flexibility index (Phi) is 11.6. The minimum Gasteiger partial charge on any atom is -0.507 e. The van der Waals surface area contributed by atoms with E-state index in [1.807, 2.05) is 0 Å². The van der Waals surface area contributed by atoms with Crippen molar-refractivity contribution in [2.75, 3.05) is 0 Å². The standard InChI is InChI=1S/C44H42O22/c1-12-27(50)18(40-26(28(12)51)33(56)42(39(64-40)16-5-7-20(46)23(49)9-16)66-44-37(60)35(58)30(53)14(3)62-44)10-17-21(47)11-24-25(31(17)54)32(55)41(38(63-24)15-4-6-19(45)22(48)8-15)65-43-36(59)34(57)29(52)13(2)61-43/h4-9,11,13-14,29-30,34-37,43-54,57-60H,10H2,1-3H3/t13-,14-,29-,30-,34+,35+,36+,37+,43-,44+/m0/s1. The Morgan fingerprint density at radius 1 is 0.515 bits per heavy atom. The molecule has 22 nitrogen and oxygen atoms in total. The first-order chi connectivity index (χ1) is 31.1. The van der Waals surface area contributed by atoms with Crippen molar-refractivity contribution in [2.24, 2.45) is 0 Å². The molecular formula is C44H42O22. The lowest BCUT2D eigenvalue weighted by molar-refractivity contribution is -0.268. The molecule has 2 saturated heterocycles. The van der Waals surface area contributed by atoms with E-state index in [2.05, 4.69) is 0 Å². The van der Waals surface area contributed by atoms with E-state index in [0.717, 1.165) is 36.4 Å². The number of hydrogen-bond acceptors (Lipinski definition) is 22. The first-order valence-electron chi connectivity index (χ1n) is 20.0. The monoisotopic (exact) mass is 922 g/mol. The maximum absolute atomic E-state index is 14.6. The molecule has 0 aliphatic carbocycles. The second-order valence-electron chi connectivity index (χ2n) is 16.0. The van der Waals surface area contributed by atoms with E-state index in [-0.39, 0.29) is 16.7 Å². The fraction of sp³-hybridized carbons (Fsp3) is 0.318. The molecule has 2 aliphatic heterocycles. The molecule has 350 valence electrons. The summed E-state index contributed by atoms with van der Waals surface area (Å²) in [6, 6.07) is 7.19. The van der Waals surface area contributed by atoms with E-state index in [0.29, 0.717) is 0 Å². The van der Waals surface area contributed by atoms with Crippen molar-refractivity contribution in [3.63, 3.8) is 0 Å². The van der Waals surface area contributed by atoms with Gasteiger partial charge < -0.3 is 99.3 Å². The van der Waals surface area contributed by atoms with Crippen molar-refractivity contribution in [2.45, 2.75) is 88.6 Å². The van der Waals surface area contributed by atoms with Crippen molar-refractivity contribution in [3.05, 3.63) is 79.6 Å². The van der Waals surface area contributed by atoms with Crippen LogP contribution >= 0.6 is 0 Å². The zero-order chi connectivity index (χ0) is 48.0. The lowest BCUT2D eigenvalue weighted by Crippen LogP contribution is -2.58. The molecule has 0 radical (unpaired) electrons. The molecule has 0 saturated carbocycles. The van der Waals surface area contributed by atoms with Gasteiger partial charge in [0, 0.05) is 40.3 Å². The van der Waals surface area contributed by atoms with Gasteiger partial charge in [0.15, 0.2) is 34.5 Å². The lowest BCUT2D eigenvalue weighted by Gasteiger charge is -2.38. The van der Waals surface area contributed by atoms with E-state index in [1.165, 1.54) is 26.8 Å². The number of aliphatic hydroxyl groups excluding tert-OH is 6. The third-order valence-corrected chi connectivity index (χ3v) is 11.7. The second-order valence-corrected chi connectivity index (χ2v) is 16.0. The minimum absolute atomic E-state index is 0.124. The van der Waals surface area contributed by atoms with E-state index < -0.39 is 181 Å². The highest BCUT2D eigenvalue weighted by Gasteiger charge is 2.45. The van der Waals surface area contributed by atoms with Gasteiger partial charge in [-0.2, -0.15) is 0 Å². The molecule has 4 heterocycles. The van der Waals surface area contributed by atoms with Crippen LogP contribution in [0.15, 0.2) is 60.9 Å². The summed E-state index contributed by atoms with van der Waals surface area (Å²) < 4.78 is 34.8. The Balaban J connectivity index is 1.33. The maximum atomic E-state index is 14.6. The SMILES string of the molecule is Cc1c(O)c(Cc2c(O)cc3oc(-c4ccc(O)c(O)c4)c(O[C@@H]4O[C@@H](C)[C@H](O)[C@@H](O)[C@H]4O)c(=O)c3c2O)c2oc(-c3ccc(O)c(O)c3)c(O[C@H]3O[C@@H](C)[C@H](O)[C@@H](O)[C@H]3O)c(=O)c2c1O. The van der Waals surface area contributed by atoms with Crippen molar-refractivity contribution < 1.29 is 99.3 Å². The number of benzene rings is 4. The van der Waals surface area contributed by atoms with Gasteiger partial charge in [-0.25, -0.2) is 0 Å². The van der Waals surface area contributed by atoms with E-state index in [1.54, 1.807) is 0 Å². The molecule has 66 heavy (non-hydrogen) atoms. The van der Waals surface area contributed by atoms with Gasteiger partial charge in [-0.3, -0.25) is 9.59 Å². The van der Waals surface area contributed by atoms with Gasteiger partial charge in [-0.1, -0.05) is 0 Å². The highest BCUT2D eigenvalue weighted by molar-refractivity contribution is 5.94. The zero-order valence-corrected chi connectivity index (χ0v) is 34.5. The van der Waals surface area contributed by atoms with Gasteiger partial charge in [-0.05, 0) is 57.2 Å². The molecule has 0 amide bonds. The van der Waals surface area contributed by atoms with Gasteiger partial charge >= 0.3 is 0 Å². The first-order valence-corrected chi connectivity index (χ1v) is 20.0. The predicted molar refractivity (Wildman–Crippen MR) is 223 cm³/mol. The number of phenolic OH excluding ortho intramolecular Hbond substituents is 8. The third-order valence-electron chi connectivity index (χ3n) is 11.7. The molecule has 2 fully saturated rings. The molecule has 0 bridgehead atoms. The van der Waals surface area contributed by atoms with Crippen molar-refractivity contribution in [1.29, 1.82) is 0 Å². The molecule has 0 unspecified atom stereocenters. The van der Waals surface area contributed by atoms with Crippen LogP contribution in [0.25, 0.3) is 44.6 Å². The molecular weight excluding hydrogens is 880 g/mol. The first kappa shape index (κ1) is 45.5. The van der Waals surface area contributed by atoms with Gasteiger partial charge in [0.2, 0.25) is 34.9 Å². The third kappa shape index (κ3) is 7.43. The van der Waals surface area contributed by atoms with Crippen LogP contribution in [0.4, 0.5) is 0 Å². The summed E-state index contributed by atoms with van der Waals surface area (Å²) in [6.45, 7) is 3.86. The molecule has 0 spiro atoms. The quantitative estimate of drug-likeness (QED) is 0.0953. The minimum atomic E-state index is -1.97. The van der Waals surface area contributed by atoms with Crippen LogP contribution in [-0.2, 0) is 15.9 Å². The Bertz CT molecular complexity index is 3030. The van der Waals surface area contributed by atoms with Crippen LogP contribution in [0.2, 0.25) is 0 Å². The molecule has 2 aromatic heterocycles. The van der Waals surface area contributed by atoms with Crippen molar-refractivity contribution >= 4 is 21.9 Å². The van der Waals surface area contributed by atoms with Crippen LogP contribution in [-0.4, -0.2) is 133 Å². The molecule has 8 rings (SSSR count). The van der Waals surface area contributed by atoms with E-state index in [9.17, 15) is 81.1 Å². The molecule has 22 heteroatoms. The normalized spacial score (nSPS) is 25.6. The molecule has 2 aliphatic rings. The summed E-state index contributed by atoms with van der Waals surface area (Å²) in [5.74, 6) is -8.70. The van der Waals surface area contributed by atoms with Gasteiger partial charge in [-0.15, -0.1) is 0 Å². The zero-order valence-electron chi connectivity index (χ0n) is 34.5. The summed E-state index contributed by atoms with van der Waals surface area (Å²) in [5, 5.41) is 149. The second kappa shape index (κ2) is 16.8. The summed E-state index contributed by atoms with van der Waals surface area (Å²) in [4.78, 5) is 29.1. The van der Waals surface area contributed by atoms with Crippen LogP contribution in [0, 0.1) is 6.92 Å². The topological polar surface area (TPSA) is 381 Å². The summed E-state index contributed by atoms with van der Waals surface area (Å²) in [7, 11) is 0. The smallest absolute Gasteiger partial charge is 0.239 e. The largest absolute Gasteiger partial charge is 0.507 e. The van der Waals surface area contributed by atoms with Crippen LogP contribution < -0.4 is 20.3 Å². The number of phenols is 8. The number of rotatable bonds is 8. The van der Waals surface area contributed by atoms with Gasteiger partial charge in [0.25, 0.3) is 0 Å². The number of aliphatic hydroxyl groups is 6.